The lowest BCUT2D eigenvalue weighted by Gasteiger charge is -2.37. The van der Waals surface area contributed by atoms with E-state index in [9.17, 15) is 8.42 Å². The van der Waals surface area contributed by atoms with Crippen molar-refractivity contribution in [2.75, 3.05) is 36.0 Å². The van der Waals surface area contributed by atoms with Crippen LogP contribution in [-0.2, 0) is 9.84 Å². The van der Waals surface area contributed by atoms with Gasteiger partial charge in [0.1, 0.15) is 5.82 Å². The average Bonchev–Trinajstić information content (AvgIpc) is 3.35. The molecule has 38 heavy (non-hydrogen) atoms. The Kier molecular flexibility index (Phi) is 5.83. The third-order valence-electron chi connectivity index (χ3n) is 7.52. The van der Waals surface area contributed by atoms with Crippen molar-refractivity contribution in [3.05, 3.63) is 82.9 Å². The summed E-state index contributed by atoms with van der Waals surface area (Å²) in [7, 11) is -3.91. The Bertz CT molecular complexity index is 1800. The fourth-order valence-corrected chi connectivity index (χ4v) is 6.57. The Hall–Kier alpha value is -3.98. The van der Waals surface area contributed by atoms with E-state index in [-0.39, 0.29) is 15.6 Å². The summed E-state index contributed by atoms with van der Waals surface area (Å²) >= 11 is 0. The molecule has 1 aliphatic rings. The van der Waals surface area contributed by atoms with E-state index in [4.69, 9.17) is 4.98 Å². The van der Waals surface area contributed by atoms with Crippen molar-refractivity contribution < 1.29 is 8.42 Å². The molecule has 3 heterocycles. The van der Waals surface area contributed by atoms with Gasteiger partial charge in [-0.1, -0.05) is 41.1 Å². The zero-order chi connectivity index (χ0) is 26.6. The fraction of sp³-hybridized carbons (Fsp3) is 0.276. The summed E-state index contributed by atoms with van der Waals surface area (Å²) < 4.78 is 28.9. The molecule has 9 heteroatoms. The maximum Gasteiger partial charge on any atom is 0.229 e. The summed E-state index contributed by atoms with van der Waals surface area (Å²) in [6.45, 7) is 11.3. The molecular formula is C29H30N6O2S. The lowest BCUT2D eigenvalue weighted by Crippen LogP contribution is -2.47. The minimum atomic E-state index is -3.91. The second kappa shape index (κ2) is 9.09. The van der Waals surface area contributed by atoms with Gasteiger partial charge < -0.3 is 9.80 Å². The highest BCUT2D eigenvalue weighted by Gasteiger charge is 2.29. The third-order valence-corrected chi connectivity index (χ3v) is 9.17. The van der Waals surface area contributed by atoms with Crippen LogP contribution in [0.15, 0.2) is 70.6 Å². The largest absolute Gasteiger partial charge is 0.368 e. The van der Waals surface area contributed by atoms with Crippen LogP contribution in [0.4, 0.5) is 11.5 Å². The van der Waals surface area contributed by atoms with E-state index in [0.717, 1.165) is 54.0 Å². The molecule has 0 unspecified atom stereocenters. The maximum atomic E-state index is 13.7. The number of aromatic nitrogens is 4. The van der Waals surface area contributed by atoms with Crippen molar-refractivity contribution in [2.45, 2.75) is 37.6 Å². The molecule has 3 aromatic carbocycles. The molecular weight excluding hydrogens is 496 g/mol. The van der Waals surface area contributed by atoms with Crippen molar-refractivity contribution in [3.63, 3.8) is 0 Å². The zero-order valence-electron chi connectivity index (χ0n) is 22.0. The molecule has 1 saturated heterocycles. The van der Waals surface area contributed by atoms with Gasteiger partial charge in [0.2, 0.25) is 14.9 Å². The number of benzene rings is 3. The topological polar surface area (TPSA) is 83.7 Å². The standard InChI is InChI=1S/C29H30N6O2S/c1-19-9-12-25(22(4)17-19)33-13-15-34(16-14-33)27-24-7-5-6-8-26(24)35-28(30-27)29(31-32-35)38(36,37)23-11-10-20(2)21(3)18-23/h5-12,17-18H,13-16H2,1-4H3. The van der Waals surface area contributed by atoms with Crippen molar-refractivity contribution in [3.8, 4) is 0 Å². The average molecular weight is 527 g/mol. The molecule has 0 bridgehead atoms. The van der Waals surface area contributed by atoms with Gasteiger partial charge in [-0.3, -0.25) is 0 Å². The molecule has 0 saturated carbocycles. The van der Waals surface area contributed by atoms with E-state index in [1.807, 2.05) is 44.2 Å². The van der Waals surface area contributed by atoms with Crippen molar-refractivity contribution in [1.82, 2.24) is 19.8 Å². The van der Waals surface area contributed by atoms with Crippen LogP contribution in [0.25, 0.3) is 16.6 Å². The molecule has 0 amide bonds. The summed E-state index contributed by atoms with van der Waals surface area (Å²) in [6, 6.07) is 19.5. The first-order valence-electron chi connectivity index (χ1n) is 12.8. The highest BCUT2D eigenvalue weighted by atomic mass is 32.2. The first kappa shape index (κ1) is 24.4. The summed E-state index contributed by atoms with van der Waals surface area (Å²) in [5.74, 6) is 0.757. The van der Waals surface area contributed by atoms with Crippen LogP contribution in [0.2, 0.25) is 0 Å². The lowest BCUT2D eigenvalue weighted by molar-refractivity contribution is 0.592. The molecule has 194 valence electrons. The molecule has 0 radical (unpaired) electrons. The maximum absolute atomic E-state index is 13.7. The van der Waals surface area contributed by atoms with Crippen molar-refractivity contribution >= 4 is 37.9 Å². The molecule has 1 fully saturated rings. The molecule has 5 aromatic rings. The van der Waals surface area contributed by atoms with Gasteiger partial charge in [-0.15, -0.1) is 5.10 Å². The highest BCUT2D eigenvalue weighted by molar-refractivity contribution is 7.91. The summed E-state index contributed by atoms with van der Waals surface area (Å²) in [6.07, 6.45) is 0. The Morgan fingerprint density at radius 1 is 0.763 bits per heavy atom. The molecule has 1 aliphatic heterocycles. The molecule has 8 nitrogen and oxygen atoms in total. The van der Waals surface area contributed by atoms with Gasteiger partial charge in [-0.25, -0.2) is 13.4 Å². The Morgan fingerprint density at radius 3 is 2.24 bits per heavy atom. The molecule has 0 N–H and O–H groups in total. The number of hydrogen-bond acceptors (Lipinski definition) is 7. The number of fused-ring (bicyclic) bond motifs is 3. The number of para-hydroxylation sites is 1. The first-order chi connectivity index (χ1) is 18.2. The van der Waals surface area contributed by atoms with Crippen LogP contribution in [0.5, 0.6) is 0 Å². The van der Waals surface area contributed by atoms with Crippen molar-refractivity contribution in [2.24, 2.45) is 0 Å². The number of piperazine rings is 1. The normalized spacial score (nSPS) is 14.5. The van der Waals surface area contributed by atoms with Gasteiger partial charge in [-0.2, -0.15) is 4.52 Å². The minimum Gasteiger partial charge on any atom is -0.368 e. The van der Waals surface area contributed by atoms with Gasteiger partial charge in [0.05, 0.1) is 10.4 Å². The highest BCUT2D eigenvalue weighted by Crippen LogP contribution is 2.31. The first-order valence-corrected chi connectivity index (χ1v) is 14.3. The predicted molar refractivity (Wildman–Crippen MR) is 150 cm³/mol. The Labute approximate surface area is 222 Å². The molecule has 0 spiro atoms. The van der Waals surface area contributed by atoms with Gasteiger partial charge in [0, 0.05) is 37.3 Å². The lowest BCUT2D eigenvalue weighted by atomic mass is 10.1. The van der Waals surface area contributed by atoms with Gasteiger partial charge >= 0.3 is 0 Å². The molecule has 0 aliphatic carbocycles. The summed E-state index contributed by atoms with van der Waals surface area (Å²) in [5.41, 5.74) is 6.74. The van der Waals surface area contributed by atoms with E-state index >= 15 is 0 Å². The minimum absolute atomic E-state index is 0.123. The van der Waals surface area contributed by atoms with Gasteiger partial charge in [-0.05, 0) is 74.7 Å². The summed E-state index contributed by atoms with van der Waals surface area (Å²) in [5, 5.41) is 9.16. The van der Waals surface area contributed by atoms with Crippen LogP contribution in [0.3, 0.4) is 0 Å². The second-order valence-corrected chi connectivity index (χ2v) is 12.0. The quantitative estimate of drug-likeness (QED) is 0.336. The number of nitrogens with zero attached hydrogens (tertiary/aromatic N) is 6. The van der Waals surface area contributed by atoms with E-state index in [1.54, 1.807) is 16.6 Å². The number of rotatable bonds is 4. The van der Waals surface area contributed by atoms with E-state index in [2.05, 4.69) is 52.2 Å². The van der Waals surface area contributed by atoms with E-state index in [1.165, 1.54) is 16.8 Å². The number of aryl methyl sites for hydroxylation is 4. The van der Waals surface area contributed by atoms with E-state index in [0.29, 0.717) is 0 Å². The van der Waals surface area contributed by atoms with E-state index < -0.39 is 9.84 Å². The van der Waals surface area contributed by atoms with Crippen LogP contribution in [0.1, 0.15) is 22.3 Å². The van der Waals surface area contributed by atoms with Crippen LogP contribution in [0, 0.1) is 27.7 Å². The number of hydrogen-bond donors (Lipinski definition) is 0. The monoisotopic (exact) mass is 526 g/mol. The summed E-state index contributed by atoms with van der Waals surface area (Å²) in [4.78, 5) is 9.75. The smallest absolute Gasteiger partial charge is 0.229 e. The Morgan fingerprint density at radius 2 is 1.50 bits per heavy atom. The molecule has 0 atom stereocenters. The Balaban J connectivity index is 1.42. The number of anilines is 2. The van der Waals surface area contributed by atoms with Crippen LogP contribution in [-0.4, -0.2) is 54.4 Å². The van der Waals surface area contributed by atoms with Crippen molar-refractivity contribution in [1.29, 1.82) is 0 Å². The third kappa shape index (κ3) is 3.98. The fourth-order valence-electron chi connectivity index (χ4n) is 5.26. The SMILES string of the molecule is Cc1ccc(N2CCN(c3nc4c(S(=O)(=O)c5ccc(C)c(C)c5)nnn4c4ccccc34)CC2)c(C)c1. The number of sulfone groups is 1. The van der Waals surface area contributed by atoms with Crippen LogP contribution < -0.4 is 9.80 Å². The zero-order valence-corrected chi connectivity index (χ0v) is 22.8. The molecule has 6 rings (SSSR count). The predicted octanol–water partition coefficient (Wildman–Crippen LogP) is 4.67. The van der Waals surface area contributed by atoms with Crippen LogP contribution >= 0.6 is 0 Å². The molecule has 2 aromatic heterocycles. The van der Waals surface area contributed by atoms with Gasteiger partial charge in [0.15, 0.2) is 5.65 Å². The second-order valence-electron chi connectivity index (χ2n) is 10.1. The van der Waals surface area contributed by atoms with Gasteiger partial charge in [0.25, 0.3) is 0 Å².